The van der Waals surface area contributed by atoms with Gasteiger partial charge in [0.15, 0.2) is 9.84 Å². The van der Waals surface area contributed by atoms with Gasteiger partial charge in [-0.2, -0.15) is 0 Å². The smallest absolute Gasteiger partial charge is 0.235 e. The molecule has 7 heteroatoms. The fourth-order valence-corrected chi connectivity index (χ4v) is 2.03. The maximum atomic E-state index is 12.7. The van der Waals surface area contributed by atoms with Gasteiger partial charge in [0.1, 0.15) is 11.9 Å². The van der Waals surface area contributed by atoms with E-state index in [0.717, 1.165) is 6.26 Å². The molecule has 88 valence electrons. The van der Waals surface area contributed by atoms with E-state index in [-0.39, 0.29) is 12.6 Å². The maximum Gasteiger partial charge on any atom is 0.235 e. The minimum atomic E-state index is -3.29. The normalized spacial score (nSPS) is 26.5. The fraction of sp³-hybridized carbons (Fsp3) is 0.875. The van der Waals surface area contributed by atoms with Crippen LogP contribution in [0.3, 0.4) is 0 Å². The summed E-state index contributed by atoms with van der Waals surface area (Å²) in [5.74, 6) is -1.06. The molecule has 2 atom stereocenters. The number of sulfone groups is 1. The van der Waals surface area contributed by atoms with Crippen LogP contribution < -0.4 is 10.6 Å². The standard InChI is InChI=1S/C8H15FN2O3S/c1-15(13,14)5-8(12)11-4-7-2-6(9)3-10-7/h6-7,10H,2-5H2,1H3,(H,11,12)/t6-,7-/m0/s1. The van der Waals surface area contributed by atoms with Gasteiger partial charge < -0.3 is 10.6 Å². The van der Waals surface area contributed by atoms with Gasteiger partial charge in [0.2, 0.25) is 5.91 Å². The molecule has 0 bridgehead atoms. The van der Waals surface area contributed by atoms with Crippen LogP contribution >= 0.6 is 0 Å². The van der Waals surface area contributed by atoms with Crippen LogP contribution in [0.5, 0.6) is 0 Å². The molecule has 15 heavy (non-hydrogen) atoms. The van der Waals surface area contributed by atoms with Crippen molar-refractivity contribution in [2.24, 2.45) is 0 Å². The predicted molar refractivity (Wildman–Crippen MR) is 54.0 cm³/mol. The van der Waals surface area contributed by atoms with Crippen LogP contribution in [0.2, 0.25) is 0 Å². The number of amides is 1. The summed E-state index contributed by atoms with van der Waals surface area (Å²) in [5.41, 5.74) is 0. The number of nitrogens with one attached hydrogen (secondary N) is 2. The first-order valence-electron chi connectivity index (χ1n) is 4.68. The highest BCUT2D eigenvalue weighted by atomic mass is 32.2. The molecule has 1 saturated heterocycles. The van der Waals surface area contributed by atoms with E-state index >= 15 is 0 Å². The van der Waals surface area contributed by atoms with Crippen LogP contribution in [0.25, 0.3) is 0 Å². The van der Waals surface area contributed by atoms with Crippen LogP contribution in [-0.4, -0.2) is 51.6 Å². The van der Waals surface area contributed by atoms with Crippen LogP contribution in [0.1, 0.15) is 6.42 Å². The average Bonchev–Trinajstić information content (AvgIpc) is 2.45. The largest absolute Gasteiger partial charge is 0.354 e. The van der Waals surface area contributed by atoms with Crippen molar-refractivity contribution in [1.82, 2.24) is 10.6 Å². The topological polar surface area (TPSA) is 75.3 Å². The van der Waals surface area contributed by atoms with Gasteiger partial charge in [-0.25, -0.2) is 12.8 Å². The molecule has 0 aromatic carbocycles. The van der Waals surface area contributed by atoms with E-state index in [1.54, 1.807) is 0 Å². The second kappa shape index (κ2) is 4.89. The van der Waals surface area contributed by atoms with Crippen molar-refractivity contribution in [2.45, 2.75) is 18.6 Å². The lowest BCUT2D eigenvalue weighted by Crippen LogP contribution is -2.39. The number of hydrogen-bond donors (Lipinski definition) is 2. The molecule has 1 fully saturated rings. The summed E-state index contributed by atoms with van der Waals surface area (Å²) in [4.78, 5) is 11.1. The molecule has 0 unspecified atom stereocenters. The summed E-state index contributed by atoms with van der Waals surface area (Å²) in [6.07, 6.45) is 0.485. The minimum Gasteiger partial charge on any atom is -0.354 e. The Labute approximate surface area is 88.3 Å². The lowest BCUT2D eigenvalue weighted by molar-refractivity contribution is -0.118. The van der Waals surface area contributed by atoms with Gasteiger partial charge in [-0.15, -0.1) is 0 Å². The molecule has 0 saturated carbocycles. The van der Waals surface area contributed by atoms with Crippen molar-refractivity contribution < 1.29 is 17.6 Å². The molecule has 1 aliphatic rings. The zero-order chi connectivity index (χ0) is 11.5. The Kier molecular flexibility index (Phi) is 4.04. The molecule has 0 aromatic heterocycles. The first kappa shape index (κ1) is 12.4. The first-order valence-corrected chi connectivity index (χ1v) is 6.75. The van der Waals surface area contributed by atoms with E-state index in [1.165, 1.54) is 0 Å². The molecule has 1 aliphatic heterocycles. The Hall–Kier alpha value is -0.690. The van der Waals surface area contributed by atoms with E-state index < -0.39 is 27.7 Å². The summed E-state index contributed by atoms with van der Waals surface area (Å²) in [7, 11) is -3.29. The van der Waals surface area contributed by atoms with Crippen molar-refractivity contribution in [3.63, 3.8) is 0 Å². The van der Waals surface area contributed by atoms with Crippen LogP contribution in [-0.2, 0) is 14.6 Å². The van der Waals surface area contributed by atoms with Gasteiger partial charge in [0.05, 0.1) is 0 Å². The maximum absolute atomic E-state index is 12.7. The van der Waals surface area contributed by atoms with E-state index in [1.807, 2.05) is 0 Å². The second-order valence-corrected chi connectivity index (χ2v) is 5.95. The molecule has 0 spiro atoms. The molecule has 1 heterocycles. The van der Waals surface area contributed by atoms with Gasteiger partial charge in [-0.1, -0.05) is 0 Å². The van der Waals surface area contributed by atoms with Gasteiger partial charge in [-0.3, -0.25) is 4.79 Å². The Bertz CT molecular complexity index is 331. The number of halogens is 1. The van der Waals surface area contributed by atoms with E-state index in [4.69, 9.17) is 0 Å². The third-order valence-corrected chi connectivity index (χ3v) is 2.89. The fourth-order valence-electron chi connectivity index (χ4n) is 1.45. The lowest BCUT2D eigenvalue weighted by atomic mass is 10.2. The number of hydrogen-bond acceptors (Lipinski definition) is 4. The molecule has 0 aromatic rings. The third-order valence-electron chi connectivity index (χ3n) is 2.11. The summed E-state index contributed by atoms with van der Waals surface area (Å²) in [6, 6.07) is -0.0940. The lowest BCUT2D eigenvalue weighted by Gasteiger charge is -2.10. The Balaban J connectivity index is 2.23. The molecule has 5 nitrogen and oxygen atoms in total. The van der Waals surface area contributed by atoms with Gasteiger partial charge in [0.25, 0.3) is 0 Å². The van der Waals surface area contributed by atoms with Gasteiger partial charge in [-0.05, 0) is 6.42 Å². The minimum absolute atomic E-state index is 0.0940. The van der Waals surface area contributed by atoms with Crippen molar-refractivity contribution in [2.75, 3.05) is 25.1 Å². The highest BCUT2D eigenvalue weighted by molar-refractivity contribution is 7.91. The average molecular weight is 238 g/mol. The van der Waals surface area contributed by atoms with Crippen molar-refractivity contribution in [1.29, 1.82) is 0 Å². The molecule has 0 aliphatic carbocycles. The van der Waals surface area contributed by atoms with Crippen LogP contribution in [0, 0.1) is 0 Å². The SMILES string of the molecule is CS(=O)(=O)CC(=O)NC[C@@H]1C[C@H](F)CN1. The number of carbonyl (C=O) groups excluding carboxylic acids is 1. The first-order chi connectivity index (χ1) is 6.87. The zero-order valence-electron chi connectivity index (χ0n) is 8.49. The molecular weight excluding hydrogens is 223 g/mol. The quantitative estimate of drug-likeness (QED) is 0.648. The van der Waals surface area contributed by atoms with Crippen molar-refractivity contribution >= 4 is 15.7 Å². The highest BCUT2D eigenvalue weighted by Crippen LogP contribution is 2.08. The van der Waals surface area contributed by atoms with Crippen molar-refractivity contribution in [3.05, 3.63) is 0 Å². The summed E-state index contributed by atoms with van der Waals surface area (Å²) in [5, 5.41) is 5.34. The Morgan fingerprint density at radius 1 is 1.60 bits per heavy atom. The summed E-state index contributed by atoms with van der Waals surface area (Å²) < 4.78 is 34.2. The molecule has 0 radical (unpaired) electrons. The summed E-state index contributed by atoms with van der Waals surface area (Å²) in [6.45, 7) is 0.571. The Morgan fingerprint density at radius 3 is 2.73 bits per heavy atom. The second-order valence-electron chi connectivity index (χ2n) is 3.81. The zero-order valence-corrected chi connectivity index (χ0v) is 9.31. The highest BCUT2D eigenvalue weighted by Gasteiger charge is 2.23. The van der Waals surface area contributed by atoms with Crippen molar-refractivity contribution in [3.8, 4) is 0 Å². The van der Waals surface area contributed by atoms with E-state index in [0.29, 0.717) is 13.0 Å². The molecule has 2 N–H and O–H groups in total. The van der Waals surface area contributed by atoms with Crippen LogP contribution in [0.4, 0.5) is 4.39 Å². The van der Waals surface area contributed by atoms with E-state index in [2.05, 4.69) is 10.6 Å². The molecular formula is C8H15FN2O3S. The van der Waals surface area contributed by atoms with Gasteiger partial charge >= 0.3 is 0 Å². The number of rotatable bonds is 4. The predicted octanol–water partition coefficient (Wildman–Crippen LogP) is -1.15. The summed E-state index contributed by atoms with van der Waals surface area (Å²) >= 11 is 0. The Morgan fingerprint density at radius 2 is 2.27 bits per heavy atom. The van der Waals surface area contributed by atoms with Gasteiger partial charge in [0, 0.05) is 25.4 Å². The number of carbonyl (C=O) groups is 1. The molecule has 1 rings (SSSR count). The van der Waals surface area contributed by atoms with E-state index in [9.17, 15) is 17.6 Å². The monoisotopic (exact) mass is 238 g/mol. The van der Waals surface area contributed by atoms with Crippen LogP contribution in [0.15, 0.2) is 0 Å². The third kappa shape index (κ3) is 5.08. The molecule has 1 amide bonds. The number of alkyl halides is 1.